The molecule has 4 rings (SSSR count). The summed E-state index contributed by atoms with van der Waals surface area (Å²) in [5.41, 5.74) is 2.40. The molecule has 1 aliphatic heterocycles. The number of fused-ring (bicyclic) bond motifs is 1. The van der Waals surface area contributed by atoms with E-state index in [4.69, 9.17) is 0 Å². The standard InChI is InChI=1S/C23H33N5O/c1-24-23(25-13-11-19-15-18-9-5-6-10-21(18)26-19)27-20-12-14-28(16-20)22(29)17-7-3-2-4-8-17/h5-6,9-10,15,17,20,26H,2-4,7-8,11-14,16H2,1H3,(H2,24,25,27). The smallest absolute Gasteiger partial charge is 0.225 e. The monoisotopic (exact) mass is 395 g/mol. The van der Waals surface area contributed by atoms with Gasteiger partial charge in [0.25, 0.3) is 0 Å². The summed E-state index contributed by atoms with van der Waals surface area (Å²) < 4.78 is 0. The lowest BCUT2D eigenvalue weighted by atomic mass is 9.88. The highest BCUT2D eigenvalue weighted by Gasteiger charge is 2.31. The first-order chi connectivity index (χ1) is 14.2. The van der Waals surface area contributed by atoms with Crippen molar-refractivity contribution in [2.75, 3.05) is 26.7 Å². The Morgan fingerprint density at radius 2 is 2.03 bits per heavy atom. The van der Waals surface area contributed by atoms with Gasteiger partial charge in [-0.1, -0.05) is 37.5 Å². The summed E-state index contributed by atoms with van der Waals surface area (Å²) >= 11 is 0. The zero-order valence-electron chi connectivity index (χ0n) is 17.4. The van der Waals surface area contributed by atoms with Crippen molar-refractivity contribution in [2.24, 2.45) is 10.9 Å². The lowest BCUT2D eigenvalue weighted by Gasteiger charge is -2.26. The van der Waals surface area contributed by atoms with E-state index in [1.807, 2.05) is 0 Å². The van der Waals surface area contributed by atoms with Crippen LogP contribution in [-0.4, -0.2) is 54.5 Å². The first-order valence-corrected chi connectivity index (χ1v) is 11.1. The number of hydrogen-bond donors (Lipinski definition) is 3. The van der Waals surface area contributed by atoms with Crippen LogP contribution in [0.15, 0.2) is 35.3 Å². The molecule has 2 fully saturated rings. The van der Waals surface area contributed by atoms with E-state index >= 15 is 0 Å². The fraction of sp³-hybridized carbons (Fsp3) is 0.565. The first kappa shape index (κ1) is 19.8. The van der Waals surface area contributed by atoms with Crippen molar-refractivity contribution in [3.63, 3.8) is 0 Å². The molecule has 2 aromatic rings. The maximum atomic E-state index is 12.8. The van der Waals surface area contributed by atoms with Crippen molar-refractivity contribution in [3.05, 3.63) is 36.0 Å². The Morgan fingerprint density at radius 3 is 2.83 bits per heavy atom. The van der Waals surface area contributed by atoms with Crippen LogP contribution in [0.25, 0.3) is 10.9 Å². The summed E-state index contributed by atoms with van der Waals surface area (Å²) in [6.07, 6.45) is 7.74. The van der Waals surface area contributed by atoms with Gasteiger partial charge in [-0.2, -0.15) is 0 Å². The Kier molecular flexibility index (Phi) is 6.37. The quantitative estimate of drug-likeness (QED) is 0.538. The van der Waals surface area contributed by atoms with Gasteiger partial charge >= 0.3 is 0 Å². The Morgan fingerprint density at radius 1 is 1.21 bits per heavy atom. The molecule has 1 amide bonds. The van der Waals surface area contributed by atoms with Crippen LogP contribution in [0.5, 0.6) is 0 Å². The third kappa shape index (κ3) is 4.92. The number of aromatic amines is 1. The summed E-state index contributed by atoms with van der Waals surface area (Å²) in [6.45, 7) is 2.46. The molecule has 3 N–H and O–H groups in total. The van der Waals surface area contributed by atoms with E-state index in [0.29, 0.717) is 5.91 Å². The number of likely N-dealkylation sites (tertiary alicyclic amines) is 1. The molecule has 1 aliphatic carbocycles. The molecule has 1 aromatic carbocycles. The minimum Gasteiger partial charge on any atom is -0.358 e. The molecule has 1 unspecified atom stereocenters. The zero-order valence-corrected chi connectivity index (χ0v) is 17.4. The molecule has 0 radical (unpaired) electrons. The van der Waals surface area contributed by atoms with Gasteiger partial charge in [0, 0.05) is 56.3 Å². The predicted octanol–water partition coefficient (Wildman–Crippen LogP) is 3.06. The van der Waals surface area contributed by atoms with Crippen LogP contribution in [0.4, 0.5) is 0 Å². The van der Waals surface area contributed by atoms with Gasteiger partial charge in [-0.05, 0) is 36.8 Å². The predicted molar refractivity (Wildman–Crippen MR) is 118 cm³/mol. The Hall–Kier alpha value is -2.50. The molecular weight excluding hydrogens is 362 g/mol. The van der Waals surface area contributed by atoms with Crippen molar-refractivity contribution >= 4 is 22.8 Å². The maximum absolute atomic E-state index is 12.8. The van der Waals surface area contributed by atoms with Gasteiger partial charge in [-0.15, -0.1) is 0 Å². The number of nitrogens with zero attached hydrogens (tertiary/aromatic N) is 2. The fourth-order valence-corrected chi connectivity index (χ4v) is 4.66. The molecule has 2 aliphatic rings. The number of benzene rings is 1. The largest absolute Gasteiger partial charge is 0.358 e. The Labute approximate surface area is 173 Å². The van der Waals surface area contributed by atoms with Gasteiger partial charge in [-0.25, -0.2) is 0 Å². The van der Waals surface area contributed by atoms with Gasteiger partial charge in [0.2, 0.25) is 5.91 Å². The molecule has 1 saturated heterocycles. The number of amides is 1. The van der Waals surface area contributed by atoms with E-state index in [1.54, 1.807) is 7.05 Å². The van der Waals surface area contributed by atoms with Gasteiger partial charge < -0.3 is 20.5 Å². The molecule has 156 valence electrons. The van der Waals surface area contributed by atoms with E-state index in [1.165, 1.54) is 35.9 Å². The van der Waals surface area contributed by atoms with Gasteiger partial charge in [0.15, 0.2) is 5.96 Å². The first-order valence-electron chi connectivity index (χ1n) is 11.1. The summed E-state index contributed by atoms with van der Waals surface area (Å²) in [5, 5.41) is 8.16. The number of aromatic nitrogens is 1. The summed E-state index contributed by atoms with van der Waals surface area (Å²) in [5.74, 6) is 1.45. The summed E-state index contributed by atoms with van der Waals surface area (Å²) in [4.78, 5) is 22.6. The lowest BCUT2D eigenvalue weighted by molar-refractivity contribution is -0.135. The second kappa shape index (κ2) is 9.33. The van der Waals surface area contributed by atoms with Crippen LogP contribution >= 0.6 is 0 Å². The molecular formula is C23H33N5O. The van der Waals surface area contributed by atoms with Crippen molar-refractivity contribution in [1.29, 1.82) is 0 Å². The number of carbonyl (C=O) groups is 1. The number of H-pyrrole nitrogens is 1. The van der Waals surface area contributed by atoms with E-state index in [2.05, 4.69) is 55.8 Å². The van der Waals surface area contributed by atoms with Gasteiger partial charge in [-0.3, -0.25) is 9.79 Å². The highest BCUT2D eigenvalue weighted by Crippen LogP contribution is 2.26. The van der Waals surface area contributed by atoms with Gasteiger partial charge in [0.1, 0.15) is 0 Å². The molecule has 0 spiro atoms. The van der Waals surface area contributed by atoms with E-state index < -0.39 is 0 Å². The maximum Gasteiger partial charge on any atom is 0.225 e. The molecule has 6 heteroatoms. The number of hydrogen-bond acceptors (Lipinski definition) is 2. The molecule has 29 heavy (non-hydrogen) atoms. The molecule has 6 nitrogen and oxygen atoms in total. The van der Waals surface area contributed by atoms with E-state index in [9.17, 15) is 4.79 Å². The number of carbonyl (C=O) groups excluding carboxylic acids is 1. The highest BCUT2D eigenvalue weighted by atomic mass is 16.2. The van der Waals surface area contributed by atoms with E-state index in [0.717, 1.165) is 51.3 Å². The van der Waals surface area contributed by atoms with Crippen LogP contribution in [-0.2, 0) is 11.2 Å². The molecule has 0 bridgehead atoms. The van der Waals surface area contributed by atoms with Crippen molar-refractivity contribution in [1.82, 2.24) is 20.5 Å². The Bertz CT molecular complexity index is 819. The second-order valence-corrected chi connectivity index (χ2v) is 8.38. The number of aliphatic imine (C=N–C) groups is 1. The molecule has 1 atom stereocenters. The summed E-state index contributed by atoms with van der Waals surface area (Å²) in [7, 11) is 1.80. The fourth-order valence-electron chi connectivity index (χ4n) is 4.66. The normalized spacial score (nSPS) is 20.9. The second-order valence-electron chi connectivity index (χ2n) is 8.38. The number of para-hydroxylation sites is 1. The van der Waals surface area contributed by atoms with Crippen LogP contribution in [0.3, 0.4) is 0 Å². The molecule has 1 saturated carbocycles. The minimum atomic E-state index is 0.260. The SMILES string of the molecule is CN=C(NCCc1cc2ccccc2[nH]1)NC1CCN(C(=O)C2CCCCC2)C1. The average Bonchev–Trinajstić information content (AvgIpc) is 3.39. The van der Waals surface area contributed by atoms with Crippen LogP contribution in [0.2, 0.25) is 0 Å². The van der Waals surface area contributed by atoms with Crippen molar-refractivity contribution in [2.45, 2.75) is 51.0 Å². The van der Waals surface area contributed by atoms with Crippen LogP contribution in [0, 0.1) is 5.92 Å². The topological polar surface area (TPSA) is 72.5 Å². The number of nitrogens with one attached hydrogen (secondary N) is 3. The lowest BCUT2D eigenvalue weighted by Crippen LogP contribution is -2.46. The number of rotatable bonds is 5. The van der Waals surface area contributed by atoms with Crippen LogP contribution in [0.1, 0.15) is 44.2 Å². The summed E-state index contributed by atoms with van der Waals surface area (Å²) in [6, 6.07) is 10.8. The third-order valence-electron chi connectivity index (χ3n) is 6.29. The average molecular weight is 396 g/mol. The zero-order chi connectivity index (χ0) is 20.1. The van der Waals surface area contributed by atoms with Crippen molar-refractivity contribution < 1.29 is 4.79 Å². The molecule has 1 aromatic heterocycles. The van der Waals surface area contributed by atoms with E-state index in [-0.39, 0.29) is 12.0 Å². The molecule has 2 heterocycles. The highest BCUT2D eigenvalue weighted by molar-refractivity contribution is 5.82. The van der Waals surface area contributed by atoms with Gasteiger partial charge in [0.05, 0.1) is 0 Å². The Balaban J connectivity index is 1.22. The third-order valence-corrected chi connectivity index (χ3v) is 6.29. The number of guanidine groups is 1. The van der Waals surface area contributed by atoms with Crippen LogP contribution < -0.4 is 10.6 Å². The minimum absolute atomic E-state index is 0.260. The van der Waals surface area contributed by atoms with Crippen molar-refractivity contribution in [3.8, 4) is 0 Å².